The normalized spacial score (nSPS) is 14.2. The summed E-state index contributed by atoms with van der Waals surface area (Å²) in [6.45, 7) is 4.58. The molecule has 0 bridgehead atoms. The standard InChI is InChI=1S/C37H30N4O4S/c1-3-44-30-18-16-28(17-19-30)34-33(35(42)40-29-9-5-4-6-10-29)24(2)39-37-41(34)36(43)32(46-37)21-27-8-7-11-31(20-27)45-23-26-14-12-25(22-38)13-15-26/h4-21,34H,3,23H2,1-2H3,(H,40,42)/b32-21-/t34-/m1/s1. The summed E-state index contributed by atoms with van der Waals surface area (Å²) in [6, 6.07) is 32.8. The van der Waals surface area contributed by atoms with Gasteiger partial charge in [-0.3, -0.25) is 14.2 Å². The van der Waals surface area contributed by atoms with Crippen LogP contribution in [0.3, 0.4) is 0 Å². The summed E-state index contributed by atoms with van der Waals surface area (Å²) in [6.07, 6.45) is 1.82. The van der Waals surface area contributed by atoms with Gasteiger partial charge in [-0.05, 0) is 85.1 Å². The number of hydrogen-bond donors (Lipinski definition) is 1. The highest BCUT2D eigenvalue weighted by atomic mass is 32.1. The van der Waals surface area contributed by atoms with E-state index < -0.39 is 6.04 Å². The van der Waals surface area contributed by atoms with Crippen molar-refractivity contribution in [3.8, 4) is 17.6 Å². The van der Waals surface area contributed by atoms with Gasteiger partial charge in [-0.2, -0.15) is 5.26 Å². The van der Waals surface area contributed by atoms with E-state index in [9.17, 15) is 9.59 Å². The largest absolute Gasteiger partial charge is 0.494 e. The van der Waals surface area contributed by atoms with Crippen LogP contribution in [-0.2, 0) is 11.4 Å². The minimum absolute atomic E-state index is 0.246. The number of aromatic nitrogens is 1. The number of carbonyl (C=O) groups excluding carboxylic acids is 1. The molecule has 1 N–H and O–H groups in total. The second kappa shape index (κ2) is 13.5. The van der Waals surface area contributed by atoms with E-state index in [4.69, 9.17) is 19.7 Å². The number of anilines is 1. The molecule has 6 rings (SSSR count). The van der Waals surface area contributed by atoms with E-state index in [1.807, 2.05) is 104 Å². The topological polar surface area (TPSA) is 106 Å². The van der Waals surface area contributed by atoms with Gasteiger partial charge in [-0.15, -0.1) is 0 Å². The Morgan fingerprint density at radius 1 is 0.978 bits per heavy atom. The van der Waals surface area contributed by atoms with Gasteiger partial charge in [0.1, 0.15) is 18.1 Å². The van der Waals surface area contributed by atoms with E-state index in [-0.39, 0.29) is 11.5 Å². The van der Waals surface area contributed by atoms with E-state index in [2.05, 4.69) is 11.4 Å². The van der Waals surface area contributed by atoms with E-state index in [0.29, 0.717) is 56.6 Å². The van der Waals surface area contributed by atoms with E-state index in [0.717, 1.165) is 16.7 Å². The monoisotopic (exact) mass is 626 g/mol. The number of carbonyl (C=O) groups is 1. The molecule has 1 aliphatic heterocycles. The number of benzene rings is 4. The molecule has 8 nitrogen and oxygen atoms in total. The predicted molar refractivity (Wildman–Crippen MR) is 178 cm³/mol. The second-order valence-corrected chi connectivity index (χ2v) is 11.6. The fourth-order valence-corrected chi connectivity index (χ4v) is 6.29. The lowest BCUT2D eigenvalue weighted by Gasteiger charge is -2.25. The number of rotatable bonds is 9. The van der Waals surface area contributed by atoms with E-state index in [1.54, 1.807) is 23.6 Å². The first-order valence-corrected chi connectivity index (χ1v) is 15.6. The van der Waals surface area contributed by atoms with Crippen LogP contribution in [0.1, 0.15) is 42.1 Å². The van der Waals surface area contributed by atoms with Crippen molar-refractivity contribution in [3.05, 3.63) is 156 Å². The molecule has 1 atom stereocenters. The first kappa shape index (κ1) is 30.3. The molecule has 0 spiro atoms. The zero-order valence-electron chi connectivity index (χ0n) is 25.3. The first-order valence-electron chi connectivity index (χ1n) is 14.8. The van der Waals surface area contributed by atoms with Crippen LogP contribution >= 0.6 is 11.3 Å². The Labute approximate surface area is 269 Å². The maximum absolute atomic E-state index is 14.1. The lowest BCUT2D eigenvalue weighted by atomic mass is 9.95. The summed E-state index contributed by atoms with van der Waals surface area (Å²) in [5, 5.41) is 12.0. The minimum atomic E-state index is -0.695. The Balaban J connectivity index is 1.36. The summed E-state index contributed by atoms with van der Waals surface area (Å²) in [4.78, 5) is 33.1. The Kier molecular flexibility index (Phi) is 8.90. The zero-order valence-corrected chi connectivity index (χ0v) is 26.1. The molecule has 0 saturated heterocycles. The number of allylic oxidation sites excluding steroid dienone is 1. The van der Waals surface area contributed by atoms with E-state index >= 15 is 0 Å². The molecule has 9 heteroatoms. The zero-order chi connectivity index (χ0) is 32.0. The number of hydrogen-bond acceptors (Lipinski definition) is 7. The van der Waals surface area contributed by atoms with Crippen molar-refractivity contribution >= 4 is 29.0 Å². The number of thiazole rings is 1. The maximum Gasteiger partial charge on any atom is 0.271 e. The van der Waals surface area contributed by atoms with Crippen LogP contribution < -0.4 is 29.7 Å². The van der Waals surface area contributed by atoms with Crippen molar-refractivity contribution in [2.24, 2.45) is 4.99 Å². The van der Waals surface area contributed by atoms with Crippen LogP contribution in [0, 0.1) is 11.3 Å². The van der Waals surface area contributed by atoms with E-state index in [1.165, 1.54) is 11.3 Å². The van der Waals surface area contributed by atoms with Crippen LogP contribution in [0.4, 0.5) is 5.69 Å². The van der Waals surface area contributed by atoms with Crippen LogP contribution in [0.2, 0.25) is 0 Å². The van der Waals surface area contributed by atoms with Gasteiger partial charge in [0.05, 0.1) is 40.1 Å². The number of nitrogens with one attached hydrogen (secondary N) is 1. The maximum atomic E-state index is 14.1. The summed E-state index contributed by atoms with van der Waals surface area (Å²) < 4.78 is 13.7. The van der Waals surface area contributed by atoms with Crippen molar-refractivity contribution < 1.29 is 14.3 Å². The molecule has 1 aliphatic rings. The molecule has 2 heterocycles. The van der Waals surface area contributed by atoms with Crippen LogP contribution in [-0.4, -0.2) is 17.1 Å². The third-order valence-corrected chi connectivity index (χ3v) is 8.43. The second-order valence-electron chi connectivity index (χ2n) is 10.6. The van der Waals surface area contributed by atoms with Gasteiger partial charge in [0.15, 0.2) is 4.80 Å². The number of amides is 1. The van der Waals surface area contributed by atoms with Crippen molar-refractivity contribution in [1.29, 1.82) is 5.26 Å². The Bertz CT molecular complexity index is 2140. The SMILES string of the molecule is CCOc1ccc([C@@H]2C(C(=O)Nc3ccccc3)=C(C)N=c3s/c(=C\c4cccc(OCc5ccc(C#N)cc5)c4)c(=O)n32)cc1. The average Bonchev–Trinajstić information content (AvgIpc) is 3.38. The third kappa shape index (κ3) is 6.53. The Hall–Kier alpha value is -5.72. The third-order valence-electron chi connectivity index (χ3n) is 7.45. The molecule has 0 unspecified atom stereocenters. The van der Waals surface area contributed by atoms with Gasteiger partial charge in [-0.25, -0.2) is 4.99 Å². The van der Waals surface area contributed by atoms with Gasteiger partial charge in [0.25, 0.3) is 11.5 Å². The first-order chi connectivity index (χ1) is 22.4. The van der Waals surface area contributed by atoms with Crippen molar-refractivity contribution in [1.82, 2.24) is 4.57 Å². The minimum Gasteiger partial charge on any atom is -0.494 e. The fourth-order valence-electron chi connectivity index (χ4n) is 5.25. The lowest BCUT2D eigenvalue weighted by Crippen LogP contribution is -2.40. The molecule has 0 radical (unpaired) electrons. The van der Waals surface area contributed by atoms with Gasteiger partial charge in [-0.1, -0.05) is 65.9 Å². The summed E-state index contributed by atoms with van der Waals surface area (Å²) >= 11 is 1.28. The summed E-state index contributed by atoms with van der Waals surface area (Å²) in [5.41, 5.74) is 4.43. The van der Waals surface area contributed by atoms with Crippen molar-refractivity contribution in [2.45, 2.75) is 26.5 Å². The molecule has 1 aromatic heterocycles. The van der Waals surface area contributed by atoms with Gasteiger partial charge in [0.2, 0.25) is 0 Å². The van der Waals surface area contributed by atoms with Gasteiger partial charge in [0, 0.05) is 5.69 Å². The Morgan fingerprint density at radius 3 is 2.46 bits per heavy atom. The quantitative estimate of drug-likeness (QED) is 0.225. The lowest BCUT2D eigenvalue weighted by molar-refractivity contribution is -0.113. The van der Waals surface area contributed by atoms with Gasteiger partial charge < -0.3 is 14.8 Å². The van der Waals surface area contributed by atoms with Crippen LogP contribution in [0.15, 0.2) is 124 Å². The van der Waals surface area contributed by atoms with Crippen molar-refractivity contribution in [2.75, 3.05) is 11.9 Å². The van der Waals surface area contributed by atoms with Gasteiger partial charge >= 0.3 is 0 Å². The molecule has 1 amide bonds. The molecule has 5 aromatic rings. The molecule has 0 saturated carbocycles. The van der Waals surface area contributed by atoms with Crippen molar-refractivity contribution in [3.63, 3.8) is 0 Å². The highest BCUT2D eigenvalue weighted by molar-refractivity contribution is 7.07. The smallest absolute Gasteiger partial charge is 0.271 e. The molecule has 0 aliphatic carbocycles. The molecular formula is C37H30N4O4S. The molecule has 4 aromatic carbocycles. The average molecular weight is 627 g/mol. The van der Waals surface area contributed by atoms with Crippen LogP contribution in [0.5, 0.6) is 11.5 Å². The fraction of sp³-hybridized carbons (Fsp3) is 0.135. The molecule has 0 fully saturated rings. The predicted octanol–water partition coefficient (Wildman–Crippen LogP) is 5.72. The number of nitriles is 1. The highest BCUT2D eigenvalue weighted by Gasteiger charge is 2.32. The number of ether oxygens (including phenoxy) is 2. The number of para-hydroxylation sites is 1. The van der Waals surface area contributed by atoms with Crippen LogP contribution in [0.25, 0.3) is 6.08 Å². The summed E-state index contributed by atoms with van der Waals surface area (Å²) in [7, 11) is 0. The molecule has 46 heavy (non-hydrogen) atoms. The Morgan fingerprint density at radius 2 is 1.74 bits per heavy atom. The number of fused-ring (bicyclic) bond motifs is 1. The highest BCUT2D eigenvalue weighted by Crippen LogP contribution is 2.32. The molecular weight excluding hydrogens is 596 g/mol. The molecule has 228 valence electrons. The number of nitrogens with zero attached hydrogens (tertiary/aromatic N) is 3. The summed E-state index contributed by atoms with van der Waals surface area (Å²) in [5.74, 6) is 1.03.